The molecule has 10 heteroatoms. The Kier molecular flexibility index (Phi) is 4.87. The van der Waals surface area contributed by atoms with Crippen LogP contribution in [0.3, 0.4) is 0 Å². The molecule has 4 nitrogen and oxygen atoms in total. The average molecular weight is 397 g/mol. The molecule has 1 aromatic heterocycles. The van der Waals surface area contributed by atoms with Crippen molar-refractivity contribution >= 4 is 28.6 Å². The number of hydrogen-bond donors (Lipinski definition) is 0. The quantitative estimate of drug-likeness (QED) is 0.446. The maximum Gasteiger partial charge on any atom is 0.573 e. The zero-order valence-corrected chi connectivity index (χ0v) is 11.3. The predicted molar refractivity (Wildman–Crippen MR) is 59.9 cm³/mol. The van der Waals surface area contributed by atoms with E-state index in [-0.39, 0.29) is 0 Å². The van der Waals surface area contributed by atoms with Gasteiger partial charge in [0, 0.05) is 0 Å². The lowest BCUT2D eigenvalue weighted by atomic mass is 10.2. The van der Waals surface area contributed by atoms with Gasteiger partial charge < -0.3 is 9.47 Å². The molecule has 106 valence electrons. The molecule has 19 heavy (non-hydrogen) atoms. The minimum absolute atomic E-state index is 0.406. The van der Waals surface area contributed by atoms with E-state index in [1.165, 1.54) is 22.6 Å². The first-order chi connectivity index (χ1) is 8.67. The summed E-state index contributed by atoms with van der Waals surface area (Å²) in [5.41, 5.74) is -1.57. The van der Waals surface area contributed by atoms with E-state index in [4.69, 9.17) is 0 Å². The summed E-state index contributed by atoms with van der Waals surface area (Å²) in [5.74, 6) is -2.22. The van der Waals surface area contributed by atoms with Gasteiger partial charge in [-0.3, -0.25) is 4.98 Å². The van der Waals surface area contributed by atoms with Gasteiger partial charge in [-0.15, -0.1) is 13.2 Å². The Hall–Kier alpha value is -1.20. The molecule has 0 aliphatic rings. The molecule has 1 aromatic rings. The predicted octanol–water partition coefficient (Wildman–Crippen LogP) is 3.31. The van der Waals surface area contributed by atoms with Crippen molar-refractivity contribution in [2.24, 2.45) is 0 Å². The van der Waals surface area contributed by atoms with Crippen LogP contribution in [0.25, 0.3) is 0 Å². The molecule has 0 fully saturated rings. The summed E-state index contributed by atoms with van der Waals surface area (Å²) in [7, 11) is 0.901. The Morgan fingerprint density at radius 1 is 1.42 bits per heavy atom. The number of esters is 1. The Bertz CT molecular complexity index is 491. The van der Waals surface area contributed by atoms with Crippen LogP contribution in [0.5, 0.6) is 5.75 Å². The molecule has 0 unspecified atom stereocenters. The van der Waals surface area contributed by atoms with Crippen LogP contribution < -0.4 is 4.74 Å². The number of aromatic nitrogens is 1. The standard InChI is InChI=1S/C9H5F5INO3/c1-18-8(17)4-3(19-9(12,13)14)2-16-6(5(4)15)7(10)11/h2,7H,1H3. The summed E-state index contributed by atoms with van der Waals surface area (Å²) in [6.45, 7) is 0. The lowest BCUT2D eigenvalue weighted by molar-refractivity contribution is -0.274. The van der Waals surface area contributed by atoms with E-state index < -0.39 is 39.3 Å². The van der Waals surface area contributed by atoms with Gasteiger partial charge in [-0.05, 0) is 22.6 Å². The van der Waals surface area contributed by atoms with E-state index in [0.29, 0.717) is 6.20 Å². The molecule has 0 aliphatic heterocycles. The summed E-state index contributed by atoms with van der Waals surface area (Å²) in [5, 5.41) is 0. The fourth-order valence-corrected chi connectivity index (χ4v) is 1.99. The molecule has 0 spiro atoms. The van der Waals surface area contributed by atoms with Gasteiger partial charge >= 0.3 is 12.3 Å². The van der Waals surface area contributed by atoms with Gasteiger partial charge in [0.2, 0.25) is 0 Å². The van der Waals surface area contributed by atoms with Crippen molar-refractivity contribution in [1.82, 2.24) is 4.98 Å². The number of rotatable bonds is 3. The van der Waals surface area contributed by atoms with Crippen molar-refractivity contribution < 1.29 is 36.2 Å². The third-order valence-corrected chi connectivity index (χ3v) is 2.93. The Labute approximate surface area is 117 Å². The fraction of sp³-hybridized carbons (Fsp3) is 0.333. The topological polar surface area (TPSA) is 48.4 Å². The first kappa shape index (κ1) is 15.9. The van der Waals surface area contributed by atoms with Gasteiger partial charge in [0.05, 0.1) is 16.9 Å². The van der Waals surface area contributed by atoms with E-state index in [1.807, 2.05) is 0 Å². The smallest absolute Gasteiger partial charge is 0.465 e. The van der Waals surface area contributed by atoms with Gasteiger partial charge in [0.15, 0.2) is 5.75 Å². The van der Waals surface area contributed by atoms with Gasteiger partial charge in [-0.2, -0.15) is 0 Å². The summed E-state index contributed by atoms with van der Waals surface area (Å²) >= 11 is 1.28. The Morgan fingerprint density at radius 2 is 2.00 bits per heavy atom. The molecular weight excluding hydrogens is 392 g/mol. The zero-order chi connectivity index (χ0) is 14.8. The fourth-order valence-electron chi connectivity index (χ4n) is 1.13. The normalized spacial score (nSPS) is 11.6. The third kappa shape index (κ3) is 3.88. The second kappa shape index (κ2) is 5.84. The Balaban J connectivity index is 3.40. The highest BCUT2D eigenvalue weighted by Gasteiger charge is 2.35. The molecular formula is C9H5F5INO3. The highest BCUT2D eigenvalue weighted by Crippen LogP contribution is 2.33. The highest BCUT2D eigenvalue weighted by molar-refractivity contribution is 14.1. The van der Waals surface area contributed by atoms with Crippen LogP contribution in [0.4, 0.5) is 22.0 Å². The lowest BCUT2D eigenvalue weighted by Crippen LogP contribution is -2.21. The van der Waals surface area contributed by atoms with Gasteiger partial charge in [-0.1, -0.05) is 0 Å². The van der Waals surface area contributed by atoms with Gasteiger partial charge in [0.25, 0.3) is 6.43 Å². The van der Waals surface area contributed by atoms with E-state index >= 15 is 0 Å². The first-order valence-electron chi connectivity index (χ1n) is 4.48. The van der Waals surface area contributed by atoms with Crippen molar-refractivity contribution in [3.05, 3.63) is 21.0 Å². The number of halogens is 6. The maximum atomic E-state index is 12.6. The highest BCUT2D eigenvalue weighted by atomic mass is 127. The largest absolute Gasteiger partial charge is 0.573 e. The van der Waals surface area contributed by atoms with Crippen molar-refractivity contribution in [2.75, 3.05) is 7.11 Å². The number of hydrogen-bond acceptors (Lipinski definition) is 4. The third-order valence-electron chi connectivity index (χ3n) is 1.83. The van der Waals surface area contributed by atoms with Crippen LogP contribution in [0, 0.1) is 3.57 Å². The zero-order valence-electron chi connectivity index (χ0n) is 9.09. The van der Waals surface area contributed by atoms with E-state index in [9.17, 15) is 26.7 Å². The SMILES string of the molecule is COC(=O)c1c(OC(F)(F)F)cnc(C(F)F)c1I. The first-order valence-corrected chi connectivity index (χ1v) is 5.56. The minimum atomic E-state index is -5.08. The second-order valence-electron chi connectivity index (χ2n) is 3.04. The van der Waals surface area contributed by atoms with Crippen LogP contribution in [0.1, 0.15) is 22.5 Å². The van der Waals surface area contributed by atoms with Crippen molar-refractivity contribution in [1.29, 1.82) is 0 Å². The van der Waals surface area contributed by atoms with Crippen LogP contribution in [0.15, 0.2) is 6.20 Å². The lowest BCUT2D eigenvalue weighted by Gasteiger charge is -2.14. The second-order valence-corrected chi connectivity index (χ2v) is 4.12. The molecule has 0 amide bonds. The summed E-state index contributed by atoms with van der Waals surface area (Å²) in [4.78, 5) is 14.5. The minimum Gasteiger partial charge on any atom is -0.465 e. The monoisotopic (exact) mass is 397 g/mol. The summed E-state index contributed by atoms with van der Waals surface area (Å²) in [6, 6.07) is 0. The molecule has 0 radical (unpaired) electrons. The molecule has 1 rings (SSSR count). The van der Waals surface area contributed by atoms with Crippen LogP contribution in [-0.2, 0) is 4.74 Å². The number of alkyl halides is 5. The molecule has 0 N–H and O–H groups in total. The molecule has 0 aromatic carbocycles. The molecule has 0 aliphatic carbocycles. The average Bonchev–Trinajstić information content (AvgIpc) is 2.25. The summed E-state index contributed by atoms with van der Waals surface area (Å²) < 4.78 is 68.8. The van der Waals surface area contributed by atoms with Gasteiger partial charge in [-0.25, -0.2) is 13.6 Å². The van der Waals surface area contributed by atoms with Crippen LogP contribution in [-0.4, -0.2) is 24.4 Å². The number of carbonyl (C=O) groups is 1. The Morgan fingerprint density at radius 3 is 2.42 bits per heavy atom. The van der Waals surface area contributed by atoms with Crippen molar-refractivity contribution in [3.63, 3.8) is 0 Å². The van der Waals surface area contributed by atoms with Crippen molar-refractivity contribution in [3.8, 4) is 5.75 Å². The molecule has 1 heterocycles. The van der Waals surface area contributed by atoms with E-state index in [1.54, 1.807) is 0 Å². The van der Waals surface area contributed by atoms with E-state index in [0.717, 1.165) is 7.11 Å². The molecule has 0 saturated heterocycles. The molecule has 0 atom stereocenters. The molecule has 0 bridgehead atoms. The number of nitrogens with zero attached hydrogens (tertiary/aromatic N) is 1. The number of carbonyl (C=O) groups excluding carboxylic acids is 1. The maximum absolute atomic E-state index is 12.6. The number of pyridine rings is 1. The number of methoxy groups -OCH3 is 1. The van der Waals surface area contributed by atoms with Crippen LogP contribution in [0.2, 0.25) is 0 Å². The van der Waals surface area contributed by atoms with Gasteiger partial charge in [0.1, 0.15) is 11.3 Å². The van der Waals surface area contributed by atoms with Crippen LogP contribution >= 0.6 is 22.6 Å². The molecule has 0 saturated carbocycles. The van der Waals surface area contributed by atoms with E-state index in [2.05, 4.69) is 14.5 Å². The summed E-state index contributed by atoms with van der Waals surface area (Å²) in [6.07, 6.45) is -7.72. The number of ether oxygens (including phenoxy) is 2. The van der Waals surface area contributed by atoms with Crippen molar-refractivity contribution in [2.45, 2.75) is 12.8 Å².